The zero-order valence-electron chi connectivity index (χ0n) is 9.71. The molecular formula is C12H13IN4O. The van der Waals surface area contributed by atoms with Crippen molar-refractivity contribution in [2.24, 2.45) is 5.73 Å². The van der Waals surface area contributed by atoms with Crippen LogP contribution < -0.4 is 5.73 Å². The third-order valence-electron chi connectivity index (χ3n) is 2.45. The Balaban J connectivity index is 1.94. The predicted molar refractivity (Wildman–Crippen MR) is 75.8 cm³/mol. The highest BCUT2D eigenvalue weighted by molar-refractivity contribution is 14.1. The Bertz CT molecular complexity index is 535. The molecule has 0 atom stereocenters. The summed E-state index contributed by atoms with van der Waals surface area (Å²) in [5, 5.41) is 7.69. The second-order valence-electron chi connectivity index (χ2n) is 3.95. The first-order valence-corrected chi connectivity index (χ1v) is 6.60. The van der Waals surface area contributed by atoms with E-state index in [-0.39, 0.29) is 12.3 Å². The molecule has 5 nitrogen and oxygen atoms in total. The zero-order valence-corrected chi connectivity index (χ0v) is 11.9. The maximum Gasteiger partial charge on any atom is 0.158 e. The van der Waals surface area contributed by atoms with Gasteiger partial charge in [0.2, 0.25) is 0 Å². The van der Waals surface area contributed by atoms with Crippen LogP contribution >= 0.6 is 22.6 Å². The molecule has 1 heterocycles. The average Bonchev–Trinajstić information content (AvgIpc) is 2.79. The van der Waals surface area contributed by atoms with Gasteiger partial charge in [0, 0.05) is 16.5 Å². The third-order valence-corrected chi connectivity index (χ3v) is 3.17. The average molecular weight is 356 g/mol. The monoisotopic (exact) mass is 356 g/mol. The van der Waals surface area contributed by atoms with E-state index in [0.717, 1.165) is 9.13 Å². The van der Waals surface area contributed by atoms with Gasteiger partial charge in [0.1, 0.15) is 6.54 Å². The molecule has 1 aromatic heterocycles. The number of hydrogen-bond acceptors (Lipinski definition) is 4. The first-order chi connectivity index (χ1) is 8.67. The van der Waals surface area contributed by atoms with Crippen molar-refractivity contribution in [3.63, 3.8) is 0 Å². The van der Waals surface area contributed by atoms with E-state index in [1.807, 2.05) is 24.3 Å². The van der Waals surface area contributed by atoms with Gasteiger partial charge in [-0.25, -0.2) is 4.68 Å². The molecule has 0 aliphatic rings. The summed E-state index contributed by atoms with van der Waals surface area (Å²) in [5.41, 5.74) is 7.14. The number of rotatable bonds is 5. The molecule has 6 heteroatoms. The first-order valence-electron chi connectivity index (χ1n) is 5.52. The number of benzene rings is 1. The second kappa shape index (κ2) is 6.05. The van der Waals surface area contributed by atoms with Gasteiger partial charge >= 0.3 is 0 Å². The van der Waals surface area contributed by atoms with Gasteiger partial charge in [0.15, 0.2) is 5.78 Å². The Morgan fingerprint density at radius 1 is 1.33 bits per heavy atom. The second-order valence-corrected chi connectivity index (χ2v) is 5.20. The smallest absolute Gasteiger partial charge is 0.158 e. The molecule has 0 aliphatic heterocycles. The molecule has 0 unspecified atom stereocenters. The summed E-state index contributed by atoms with van der Waals surface area (Å²) in [6.45, 7) is 0.574. The van der Waals surface area contributed by atoms with Crippen molar-refractivity contribution in [1.82, 2.24) is 15.0 Å². The Hall–Kier alpha value is -1.28. The molecule has 0 bridgehead atoms. The molecule has 0 spiro atoms. The summed E-state index contributed by atoms with van der Waals surface area (Å²) in [6, 6.07) is 7.91. The van der Waals surface area contributed by atoms with Crippen molar-refractivity contribution in [2.45, 2.75) is 19.5 Å². The lowest BCUT2D eigenvalue weighted by Gasteiger charge is -2.01. The minimum atomic E-state index is 0.102. The minimum Gasteiger partial charge on any atom is -0.325 e. The summed E-state index contributed by atoms with van der Waals surface area (Å²) in [4.78, 5) is 11.8. The van der Waals surface area contributed by atoms with Gasteiger partial charge in [-0.3, -0.25) is 4.79 Å². The van der Waals surface area contributed by atoms with Gasteiger partial charge in [-0.05, 0) is 40.3 Å². The molecule has 0 aliphatic carbocycles. The van der Waals surface area contributed by atoms with Gasteiger partial charge in [-0.2, -0.15) is 0 Å². The normalized spacial score (nSPS) is 10.6. The van der Waals surface area contributed by atoms with Crippen LogP contribution in [0.5, 0.6) is 0 Å². The van der Waals surface area contributed by atoms with Crippen LogP contribution in [-0.4, -0.2) is 20.8 Å². The summed E-state index contributed by atoms with van der Waals surface area (Å²) >= 11 is 2.24. The van der Waals surface area contributed by atoms with E-state index >= 15 is 0 Å². The molecule has 0 fully saturated rings. The molecule has 0 amide bonds. The van der Waals surface area contributed by atoms with Crippen LogP contribution in [0.2, 0.25) is 0 Å². The first kappa shape index (κ1) is 13.2. The molecule has 1 aromatic carbocycles. The SMILES string of the molecule is NCc1cn(CC(=O)Cc2ccc(I)cc2)nn1. The summed E-state index contributed by atoms with van der Waals surface area (Å²) in [7, 11) is 0. The van der Waals surface area contributed by atoms with Crippen LogP contribution in [0.1, 0.15) is 11.3 Å². The van der Waals surface area contributed by atoms with Gasteiger partial charge in [-0.15, -0.1) is 5.10 Å². The van der Waals surface area contributed by atoms with Crippen molar-refractivity contribution in [2.75, 3.05) is 0 Å². The molecule has 0 saturated carbocycles. The molecular weight excluding hydrogens is 343 g/mol. The van der Waals surface area contributed by atoms with E-state index in [4.69, 9.17) is 5.73 Å². The Labute approximate surface area is 119 Å². The van der Waals surface area contributed by atoms with Crippen molar-refractivity contribution >= 4 is 28.4 Å². The van der Waals surface area contributed by atoms with Crippen LogP contribution in [0, 0.1) is 3.57 Å². The number of nitrogens with zero attached hydrogens (tertiary/aromatic N) is 3. The number of carbonyl (C=O) groups excluding carboxylic acids is 1. The number of aromatic nitrogens is 3. The minimum absolute atomic E-state index is 0.102. The summed E-state index contributed by atoms with van der Waals surface area (Å²) < 4.78 is 2.68. The highest BCUT2D eigenvalue weighted by atomic mass is 127. The number of carbonyl (C=O) groups is 1. The van der Waals surface area contributed by atoms with Gasteiger partial charge < -0.3 is 5.73 Å². The molecule has 18 heavy (non-hydrogen) atoms. The van der Waals surface area contributed by atoms with Crippen LogP contribution in [0.15, 0.2) is 30.5 Å². The van der Waals surface area contributed by atoms with E-state index in [2.05, 4.69) is 32.9 Å². The zero-order chi connectivity index (χ0) is 13.0. The highest BCUT2D eigenvalue weighted by Crippen LogP contribution is 2.08. The van der Waals surface area contributed by atoms with Gasteiger partial charge in [0.05, 0.1) is 11.9 Å². The lowest BCUT2D eigenvalue weighted by atomic mass is 10.1. The number of hydrogen-bond donors (Lipinski definition) is 1. The largest absolute Gasteiger partial charge is 0.325 e. The number of ketones is 1. The summed E-state index contributed by atoms with van der Waals surface area (Å²) in [6.07, 6.45) is 2.11. The van der Waals surface area contributed by atoms with Gasteiger partial charge in [-0.1, -0.05) is 17.3 Å². The number of nitrogens with two attached hydrogens (primary N) is 1. The fourth-order valence-electron chi connectivity index (χ4n) is 1.58. The van der Waals surface area contributed by atoms with Crippen LogP contribution in [0.4, 0.5) is 0 Å². The number of Topliss-reactive ketones (excluding diaryl/α,β-unsaturated/α-hetero) is 1. The van der Waals surface area contributed by atoms with Crippen molar-refractivity contribution in [3.05, 3.63) is 45.3 Å². The Morgan fingerprint density at radius 2 is 2.06 bits per heavy atom. The highest BCUT2D eigenvalue weighted by Gasteiger charge is 2.06. The topological polar surface area (TPSA) is 73.8 Å². The molecule has 2 rings (SSSR count). The predicted octanol–water partition coefficient (Wildman–Crippen LogP) is 1.15. The number of halogens is 1. The van der Waals surface area contributed by atoms with E-state index < -0.39 is 0 Å². The van der Waals surface area contributed by atoms with Crippen molar-refractivity contribution < 1.29 is 4.79 Å². The van der Waals surface area contributed by atoms with Crippen molar-refractivity contribution in [3.8, 4) is 0 Å². The van der Waals surface area contributed by atoms with Crippen LogP contribution in [0.3, 0.4) is 0 Å². The van der Waals surface area contributed by atoms with Crippen molar-refractivity contribution in [1.29, 1.82) is 0 Å². The Morgan fingerprint density at radius 3 is 2.67 bits per heavy atom. The Kier molecular flexibility index (Phi) is 4.43. The maximum atomic E-state index is 11.8. The van der Waals surface area contributed by atoms with Gasteiger partial charge in [0.25, 0.3) is 0 Å². The standard InChI is InChI=1S/C12H13IN4O/c13-10-3-1-9(2-4-10)5-12(18)8-17-7-11(6-14)15-16-17/h1-4,7H,5-6,8,14H2. The van der Waals surface area contributed by atoms with E-state index in [1.165, 1.54) is 4.68 Å². The van der Waals surface area contributed by atoms with E-state index in [9.17, 15) is 4.79 Å². The summed E-state index contributed by atoms with van der Waals surface area (Å²) in [5.74, 6) is 0.102. The molecule has 0 saturated heterocycles. The quantitative estimate of drug-likeness (QED) is 0.816. The molecule has 0 radical (unpaired) electrons. The van der Waals surface area contributed by atoms with Crippen LogP contribution in [-0.2, 0) is 24.3 Å². The molecule has 2 N–H and O–H groups in total. The lowest BCUT2D eigenvalue weighted by Crippen LogP contribution is -2.13. The third kappa shape index (κ3) is 3.61. The lowest BCUT2D eigenvalue weighted by molar-refractivity contribution is -0.119. The maximum absolute atomic E-state index is 11.8. The fourth-order valence-corrected chi connectivity index (χ4v) is 1.94. The molecule has 2 aromatic rings. The van der Waals surface area contributed by atoms with Crippen LogP contribution in [0.25, 0.3) is 0 Å². The fraction of sp³-hybridized carbons (Fsp3) is 0.250. The van der Waals surface area contributed by atoms with E-state index in [0.29, 0.717) is 18.7 Å². The molecule has 94 valence electrons. The van der Waals surface area contributed by atoms with E-state index in [1.54, 1.807) is 6.20 Å².